The molecule has 1 fully saturated rings. The first-order valence-corrected chi connectivity index (χ1v) is 11.9. The van der Waals surface area contributed by atoms with Crippen LogP contribution in [0.4, 0.5) is 11.4 Å². The van der Waals surface area contributed by atoms with Crippen LogP contribution in [0.3, 0.4) is 0 Å². The molecule has 0 unspecified atom stereocenters. The van der Waals surface area contributed by atoms with Gasteiger partial charge >= 0.3 is 5.97 Å². The number of rotatable bonds is 7. The summed E-state index contributed by atoms with van der Waals surface area (Å²) in [5.74, 6) is -1.36. The van der Waals surface area contributed by atoms with Gasteiger partial charge in [0.15, 0.2) is 6.10 Å². The minimum absolute atomic E-state index is 0.0344. The average molecular weight is 471 g/mol. The SMILES string of the molecule is C[C@H](OC(=O)c1cc(S(=O)(=O)N(C)C)ccc1N1CCCC1)C(=O)Nc1cccc(C#N)c1. The number of nitriles is 1. The van der Waals surface area contributed by atoms with Crippen molar-refractivity contribution in [2.45, 2.75) is 30.8 Å². The number of carbonyl (C=O) groups is 2. The largest absolute Gasteiger partial charge is 0.449 e. The number of anilines is 2. The molecule has 1 saturated heterocycles. The molecular weight excluding hydrogens is 444 g/mol. The van der Waals surface area contributed by atoms with Gasteiger partial charge in [-0.15, -0.1) is 0 Å². The predicted molar refractivity (Wildman–Crippen MR) is 123 cm³/mol. The number of amides is 1. The molecule has 1 N–H and O–H groups in total. The summed E-state index contributed by atoms with van der Waals surface area (Å²) in [6, 6.07) is 12.7. The van der Waals surface area contributed by atoms with Crippen molar-refractivity contribution in [3.8, 4) is 6.07 Å². The Morgan fingerprint density at radius 2 is 1.85 bits per heavy atom. The molecule has 9 nitrogen and oxygen atoms in total. The molecule has 174 valence electrons. The molecule has 2 aromatic rings. The fourth-order valence-electron chi connectivity index (χ4n) is 3.47. The van der Waals surface area contributed by atoms with Gasteiger partial charge in [0.05, 0.1) is 27.8 Å². The van der Waals surface area contributed by atoms with E-state index in [-0.39, 0.29) is 10.5 Å². The summed E-state index contributed by atoms with van der Waals surface area (Å²) in [5, 5.41) is 11.6. The number of carbonyl (C=O) groups excluding carboxylic acids is 2. The van der Waals surface area contributed by atoms with Crippen molar-refractivity contribution in [2.75, 3.05) is 37.4 Å². The summed E-state index contributed by atoms with van der Waals surface area (Å²) >= 11 is 0. The number of benzene rings is 2. The van der Waals surface area contributed by atoms with Gasteiger partial charge in [-0.25, -0.2) is 17.5 Å². The van der Waals surface area contributed by atoms with E-state index >= 15 is 0 Å². The number of hydrogen-bond donors (Lipinski definition) is 1. The summed E-state index contributed by atoms with van der Waals surface area (Å²) in [7, 11) is -0.940. The highest BCUT2D eigenvalue weighted by atomic mass is 32.2. The molecule has 33 heavy (non-hydrogen) atoms. The summed E-state index contributed by atoms with van der Waals surface area (Å²) in [4.78, 5) is 27.6. The fourth-order valence-corrected chi connectivity index (χ4v) is 4.40. The van der Waals surface area contributed by atoms with E-state index in [2.05, 4.69) is 5.32 Å². The van der Waals surface area contributed by atoms with Crippen LogP contribution >= 0.6 is 0 Å². The molecular formula is C23H26N4O5S. The van der Waals surface area contributed by atoms with Crippen LogP contribution in [-0.2, 0) is 19.6 Å². The molecule has 0 spiro atoms. The number of nitrogens with zero attached hydrogens (tertiary/aromatic N) is 3. The Morgan fingerprint density at radius 3 is 2.48 bits per heavy atom. The van der Waals surface area contributed by atoms with Gasteiger partial charge < -0.3 is 15.0 Å². The molecule has 1 heterocycles. The lowest BCUT2D eigenvalue weighted by atomic mass is 10.1. The van der Waals surface area contributed by atoms with Crippen LogP contribution < -0.4 is 10.2 Å². The van der Waals surface area contributed by atoms with Gasteiger partial charge in [-0.2, -0.15) is 5.26 Å². The summed E-state index contributed by atoms with van der Waals surface area (Å²) in [6.07, 6.45) is 0.781. The highest BCUT2D eigenvalue weighted by molar-refractivity contribution is 7.89. The van der Waals surface area contributed by atoms with Crippen LogP contribution in [0.15, 0.2) is 47.4 Å². The van der Waals surface area contributed by atoms with Gasteiger partial charge in [0, 0.05) is 32.9 Å². The van der Waals surface area contributed by atoms with Gasteiger partial charge in [0.25, 0.3) is 5.91 Å². The molecule has 2 aromatic carbocycles. The second-order valence-corrected chi connectivity index (χ2v) is 10.0. The molecule has 1 amide bonds. The Kier molecular flexibility index (Phi) is 7.36. The van der Waals surface area contributed by atoms with Crippen molar-refractivity contribution >= 4 is 33.3 Å². The van der Waals surface area contributed by atoms with Crippen molar-refractivity contribution in [1.82, 2.24) is 4.31 Å². The van der Waals surface area contributed by atoms with Gasteiger partial charge in [-0.05, 0) is 56.2 Å². The predicted octanol–water partition coefficient (Wildman–Crippen LogP) is 2.59. The molecule has 0 aromatic heterocycles. The minimum Gasteiger partial charge on any atom is -0.449 e. The smallest absolute Gasteiger partial charge is 0.341 e. The summed E-state index contributed by atoms with van der Waals surface area (Å²) in [6.45, 7) is 2.91. The third-order valence-corrected chi connectivity index (χ3v) is 7.14. The molecule has 3 rings (SSSR count). The van der Waals surface area contributed by atoms with E-state index in [1.54, 1.807) is 24.3 Å². The first-order valence-electron chi connectivity index (χ1n) is 10.5. The zero-order chi connectivity index (χ0) is 24.2. The van der Waals surface area contributed by atoms with Crippen LogP contribution in [0.25, 0.3) is 0 Å². The molecule has 0 aliphatic carbocycles. The molecule has 1 atom stereocenters. The van der Waals surface area contributed by atoms with E-state index in [9.17, 15) is 18.0 Å². The maximum atomic E-state index is 13.1. The van der Waals surface area contributed by atoms with E-state index in [1.165, 1.54) is 39.2 Å². The first-order chi connectivity index (χ1) is 15.6. The molecule has 1 aliphatic heterocycles. The Bertz CT molecular complexity index is 1200. The van der Waals surface area contributed by atoms with Gasteiger partial charge in [0.1, 0.15) is 0 Å². The quantitative estimate of drug-likeness (QED) is 0.618. The number of hydrogen-bond acceptors (Lipinski definition) is 7. The molecule has 0 saturated carbocycles. The van der Waals surface area contributed by atoms with Gasteiger partial charge in [0.2, 0.25) is 10.0 Å². The lowest BCUT2D eigenvalue weighted by Gasteiger charge is -2.23. The Morgan fingerprint density at radius 1 is 1.15 bits per heavy atom. The van der Waals surface area contributed by atoms with Crippen LogP contribution in [-0.4, -0.2) is 57.9 Å². The van der Waals surface area contributed by atoms with E-state index in [0.717, 1.165) is 30.2 Å². The number of sulfonamides is 1. The van der Waals surface area contributed by atoms with Crippen LogP contribution in [0.5, 0.6) is 0 Å². The van der Waals surface area contributed by atoms with Crippen molar-refractivity contribution in [2.24, 2.45) is 0 Å². The van der Waals surface area contributed by atoms with Crippen molar-refractivity contribution in [3.63, 3.8) is 0 Å². The molecule has 10 heteroatoms. The van der Waals surface area contributed by atoms with Crippen LogP contribution in [0.1, 0.15) is 35.7 Å². The summed E-state index contributed by atoms with van der Waals surface area (Å²) < 4.78 is 31.7. The standard InChI is InChI=1S/C23H26N4O5S/c1-16(22(28)25-18-8-6-7-17(13-18)15-24)32-23(29)20-14-19(33(30,31)26(2)3)9-10-21(20)27-11-4-5-12-27/h6-10,13-14,16H,4-5,11-12H2,1-3H3,(H,25,28)/t16-/m0/s1. The zero-order valence-corrected chi connectivity index (χ0v) is 19.6. The third-order valence-electron chi connectivity index (χ3n) is 5.33. The maximum absolute atomic E-state index is 13.1. The number of esters is 1. The van der Waals surface area contributed by atoms with Gasteiger partial charge in [-0.3, -0.25) is 4.79 Å². The topological polar surface area (TPSA) is 120 Å². The Labute approximate surface area is 193 Å². The normalized spacial score (nSPS) is 14.6. The molecule has 0 bridgehead atoms. The van der Waals surface area contributed by atoms with E-state index in [4.69, 9.17) is 10.00 Å². The Hall–Kier alpha value is -3.42. The molecule has 1 aliphatic rings. The van der Waals surface area contributed by atoms with Crippen molar-refractivity contribution in [1.29, 1.82) is 5.26 Å². The highest BCUT2D eigenvalue weighted by Crippen LogP contribution is 2.29. The highest BCUT2D eigenvalue weighted by Gasteiger charge is 2.27. The van der Waals surface area contributed by atoms with E-state index < -0.39 is 28.0 Å². The maximum Gasteiger partial charge on any atom is 0.341 e. The lowest BCUT2D eigenvalue weighted by molar-refractivity contribution is -0.123. The number of nitrogens with one attached hydrogen (secondary N) is 1. The van der Waals surface area contributed by atoms with E-state index in [0.29, 0.717) is 16.9 Å². The average Bonchev–Trinajstić information content (AvgIpc) is 3.33. The Balaban J connectivity index is 1.84. The van der Waals surface area contributed by atoms with Crippen molar-refractivity contribution < 1.29 is 22.7 Å². The van der Waals surface area contributed by atoms with Crippen molar-refractivity contribution in [3.05, 3.63) is 53.6 Å². The monoisotopic (exact) mass is 470 g/mol. The summed E-state index contributed by atoms with van der Waals surface area (Å²) in [5.41, 5.74) is 1.45. The first kappa shape index (κ1) is 24.2. The lowest BCUT2D eigenvalue weighted by Crippen LogP contribution is -2.31. The third kappa shape index (κ3) is 5.50. The van der Waals surface area contributed by atoms with Gasteiger partial charge in [-0.1, -0.05) is 6.07 Å². The fraction of sp³-hybridized carbons (Fsp3) is 0.348. The van der Waals surface area contributed by atoms with E-state index in [1.807, 2.05) is 11.0 Å². The van der Waals surface area contributed by atoms with Crippen LogP contribution in [0, 0.1) is 11.3 Å². The zero-order valence-electron chi connectivity index (χ0n) is 18.7. The van der Waals surface area contributed by atoms with Crippen LogP contribution in [0.2, 0.25) is 0 Å². The second kappa shape index (κ2) is 10.0. The number of ether oxygens (including phenoxy) is 1. The molecule has 0 radical (unpaired) electrons. The minimum atomic E-state index is -3.76. The second-order valence-electron chi connectivity index (χ2n) is 7.89.